The molecule has 0 heterocycles. The Kier molecular flexibility index (Phi) is 10.5. The van der Waals surface area contributed by atoms with Gasteiger partial charge >= 0.3 is 6.09 Å². The summed E-state index contributed by atoms with van der Waals surface area (Å²) in [6.45, 7) is 7.13. The molecule has 0 radical (unpaired) electrons. The SMILES string of the molecule is CC(C)(C)OC(=O)N(Cc1ccccc1)[C@H](c1ccccc1)[C@@H](COCc1ccccc1)OCc1ccccc1. The van der Waals surface area contributed by atoms with E-state index in [0.717, 1.165) is 22.3 Å². The molecule has 5 nitrogen and oxygen atoms in total. The summed E-state index contributed by atoms with van der Waals surface area (Å²) in [5.41, 5.74) is 3.42. The third kappa shape index (κ3) is 9.08. The molecule has 4 rings (SSSR count). The maximum absolute atomic E-state index is 13.9. The minimum absolute atomic E-state index is 0.287. The predicted molar refractivity (Wildman–Crippen MR) is 159 cm³/mol. The second-order valence-electron chi connectivity index (χ2n) is 10.8. The van der Waals surface area contributed by atoms with Crippen LogP contribution in [0.1, 0.15) is 49.1 Å². The number of rotatable bonds is 12. The number of nitrogens with zero attached hydrogens (tertiary/aromatic N) is 1. The molecule has 0 unspecified atom stereocenters. The van der Waals surface area contributed by atoms with Crippen LogP contribution in [-0.2, 0) is 34.0 Å². The molecule has 0 saturated heterocycles. The molecule has 4 aromatic rings. The second kappa shape index (κ2) is 14.5. The van der Waals surface area contributed by atoms with Crippen molar-refractivity contribution >= 4 is 6.09 Å². The first-order chi connectivity index (χ1) is 19.4. The van der Waals surface area contributed by atoms with Gasteiger partial charge in [-0.05, 0) is 43.0 Å². The van der Waals surface area contributed by atoms with Crippen molar-refractivity contribution in [1.82, 2.24) is 4.90 Å². The monoisotopic (exact) mass is 537 g/mol. The van der Waals surface area contributed by atoms with Crippen LogP contribution in [0, 0.1) is 0 Å². The van der Waals surface area contributed by atoms with Crippen LogP contribution in [0.4, 0.5) is 4.79 Å². The topological polar surface area (TPSA) is 48.0 Å². The van der Waals surface area contributed by atoms with Crippen LogP contribution in [0.2, 0.25) is 0 Å². The normalized spacial score (nSPS) is 12.9. The van der Waals surface area contributed by atoms with Gasteiger partial charge in [-0.3, -0.25) is 4.90 Å². The van der Waals surface area contributed by atoms with Crippen molar-refractivity contribution in [3.05, 3.63) is 144 Å². The fraction of sp³-hybridized carbons (Fsp3) is 0.286. The number of hydrogen-bond donors (Lipinski definition) is 0. The zero-order valence-corrected chi connectivity index (χ0v) is 23.6. The van der Waals surface area contributed by atoms with Crippen LogP contribution < -0.4 is 0 Å². The summed E-state index contributed by atoms with van der Waals surface area (Å²) in [5.74, 6) is 0. The molecule has 0 spiro atoms. The van der Waals surface area contributed by atoms with Gasteiger partial charge in [0.05, 0.1) is 25.9 Å². The summed E-state index contributed by atoms with van der Waals surface area (Å²) in [7, 11) is 0. The fourth-order valence-corrected chi connectivity index (χ4v) is 4.50. The summed E-state index contributed by atoms with van der Waals surface area (Å²) in [4.78, 5) is 15.6. The Hall–Kier alpha value is -3.93. The largest absolute Gasteiger partial charge is 0.444 e. The van der Waals surface area contributed by atoms with Gasteiger partial charge in [0.15, 0.2) is 0 Å². The lowest BCUT2D eigenvalue weighted by molar-refractivity contribution is -0.0783. The Labute approximate surface area is 238 Å². The van der Waals surface area contributed by atoms with Crippen LogP contribution in [0.15, 0.2) is 121 Å². The van der Waals surface area contributed by atoms with E-state index in [4.69, 9.17) is 14.2 Å². The minimum atomic E-state index is -0.655. The second-order valence-corrected chi connectivity index (χ2v) is 10.8. The molecular formula is C35H39NO4. The Bertz CT molecular complexity index is 1270. The lowest BCUT2D eigenvalue weighted by Gasteiger charge is -2.38. The number of carbonyl (C=O) groups is 1. The van der Waals surface area contributed by atoms with Gasteiger partial charge in [0.1, 0.15) is 11.7 Å². The zero-order chi connectivity index (χ0) is 28.2. The van der Waals surface area contributed by atoms with Gasteiger partial charge in [-0.1, -0.05) is 121 Å². The van der Waals surface area contributed by atoms with E-state index < -0.39 is 23.8 Å². The first kappa shape index (κ1) is 29.1. The molecule has 0 aliphatic heterocycles. The summed E-state index contributed by atoms with van der Waals surface area (Å²) >= 11 is 0. The molecule has 0 saturated carbocycles. The summed E-state index contributed by atoms with van der Waals surface area (Å²) < 4.78 is 18.8. The minimum Gasteiger partial charge on any atom is -0.444 e. The molecule has 0 aliphatic carbocycles. The molecule has 0 bridgehead atoms. The molecule has 5 heteroatoms. The lowest BCUT2D eigenvalue weighted by atomic mass is 9.99. The average molecular weight is 538 g/mol. The van der Waals surface area contributed by atoms with E-state index in [-0.39, 0.29) is 6.61 Å². The maximum Gasteiger partial charge on any atom is 0.411 e. The van der Waals surface area contributed by atoms with Crippen molar-refractivity contribution < 1.29 is 19.0 Å². The van der Waals surface area contributed by atoms with Crippen LogP contribution in [-0.4, -0.2) is 29.3 Å². The van der Waals surface area contributed by atoms with Gasteiger partial charge in [0, 0.05) is 6.54 Å². The molecule has 0 fully saturated rings. The van der Waals surface area contributed by atoms with Gasteiger partial charge in [-0.2, -0.15) is 0 Å². The maximum atomic E-state index is 13.9. The highest BCUT2D eigenvalue weighted by Gasteiger charge is 2.36. The highest BCUT2D eigenvalue weighted by molar-refractivity contribution is 5.69. The molecular weight excluding hydrogens is 498 g/mol. The van der Waals surface area contributed by atoms with E-state index in [1.165, 1.54) is 0 Å². The number of ether oxygens (including phenoxy) is 3. The third-order valence-corrected chi connectivity index (χ3v) is 6.35. The van der Waals surface area contributed by atoms with Crippen molar-refractivity contribution in [3.63, 3.8) is 0 Å². The van der Waals surface area contributed by atoms with E-state index in [2.05, 4.69) is 0 Å². The standard InChI is InChI=1S/C35H39NO4/c1-35(2,3)40-34(37)36(24-28-16-8-4-9-17-28)33(31-22-14-7-15-23-31)32(39-26-30-20-12-6-13-21-30)27-38-25-29-18-10-5-11-19-29/h4-23,32-33H,24-27H2,1-3H3/t32-,33-/m1/s1. The van der Waals surface area contributed by atoms with Crippen LogP contribution in [0.3, 0.4) is 0 Å². The summed E-state index contributed by atoms with van der Waals surface area (Å²) in [5, 5.41) is 0. The zero-order valence-electron chi connectivity index (χ0n) is 23.6. The lowest BCUT2D eigenvalue weighted by Crippen LogP contribution is -2.45. The van der Waals surface area contributed by atoms with Crippen molar-refractivity contribution in [3.8, 4) is 0 Å². The first-order valence-corrected chi connectivity index (χ1v) is 13.7. The number of carbonyl (C=O) groups excluding carboxylic acids is 1. The number of benzene rings is 4. The van der Waals surface area contributed by atoms with Gasteiger partial charge < -0.3 is 14.2 Å². The Morgan fingerprint density at radius 1 is 0.675 bits per heavy atom. The highest BCUT2D eigenvalue weighted by Crippen LogP contribution is 2.31. The van der Waals surface area contributed by atoms with E-state index >= 15 is 0 Å². The quantitative estimate of drug-likeness (QED) is 0.184. The molecule has 0 aromatic heterocycles. The van der Waals surface area contributed by atoms with Gasteiger partial charge in [0.2, 0.25) is 0 Å². The van der Waals surface area contributed by atoms with Crippen LogP contribution in [0.5, 0.6) is 0 Å². The van der Waals surface area contributed by atoms with Crippen molar-refractivity contribution in [2.24, 2.45) is 0 Å². The van der Waals surface area contributed by atoms with E-state index in [1.807, 2.05) is 142 Å². The summed E-state index contributed by atoms with van der Waals surface area (Å²) in [6, 6.07) is 39.6. The average Bonchev–Trinajstić information content (AvgIpc) is 2.96. The Morgan fingerprint density at radius 3 is 1.68 bits per heavy atom. The molecule has 1 amide bonds. The molecule has 40 heavy (non-hydrogen) atoms. The van der Waals surface area contributed by atoms with Gasteiger partial charge in [-0.15, -0.1) is 0 Å². The highest BCUT2D eigenvalue weighted by atomic mass is 16.6. The van der Waals surface area contributed by atoms with Crippen molar-refractivity contribution in [2.75, 3.05) is 6.61 Å². The van der Waals surface area contributed by atoms with E-state index in [0.29, 0.717) is 19.8 Å². The first-order valence-electron chi connectivity index (χ1n) is 13.7. The molecule has 4 aromatic carbocycles. The molecule has 208 valence electrons. The van der Waals surface area contributed by atoms with Crippen LogP contribution >= 0.6 is 0 Å². The van der Waals surface area contributed by atoms with Gasteiger partial charge in [0.25, 0.3) is 0 Å². The molecule has 2 atom stereocenters. The molecule has 0 aliphatic rings. The summed E-state index contributed by atoms with van der Waals surface area (Å²) in [6.07, 6.45) is -0.871. The fourth-order valence-electron chi connectivity index (χ4n) is 4.50. The van der Waals surface area contributed by atoms with E-state index in [9.17, 15) is 4.79 Å². The Morgan fingerprint density at radius 2 is 1.15 bits per heavy atom. The van der Waals surface area contributed by atoms with E-state index in [1.54, 1.807) is 4.90 Å². The van der Waals surface area contributed by atoms with Crippen molar-refractivity contribution in [1.29, 1.82) is 0 Å². The number of hydrogen-bond acceptors (Lipinski definition) is 4. The van der Waals surface area contributed by atoms with Crippen molar-refractivity contribution in [2.45, 2.75) is 58.3 Å². The Balaban J connectivity index is 1.70. The third-order valence-electron chi connectivity index (χ3n) is 6.35. The predicted octanol–water partition coefficient (Wildman–Crippen LogP) is 7.97. The molecule has 0 N–H and O–H groups in total. The number of amides is 1. The van der Waals surface area contributed by atoms with Gasteiger partial charge in [-0.25, -0.2) is 4.79 Å². The van der Waals surface area contributed by atoms with Crippen LogP contribution in [0.25, 0.3) is 0 Å². The smallest absolute Gasteiger partial charge is 0.411 e.